The van der Waals surface area contributed by atoms with Gasteiger partial charge >= 0.3 is 7.15 Å². The molecule has 0 saturated carbocycles. The summed E-state index contributed by atoms with van der Waals surface area (Å²) in [6.07, 6.45) is 0.409. The number of alkyl halides is 1. The van der Waals surface area contributed by atoms with E-state index in [4.69, 9.17) is 46.6 Å². The van der Waals surface area contributed by atoms with Crippen molar-refractivity contribution >= 4 is 60.3 Å². The standard InChI is InChI=1S/C13H21Cl2NO5PS2/c1-3-18-22(23,19-4-2)21-11-8(14)7-9(15)12(16-11)24-6-5-10-13(17)20-10/h8,10,13,17,23H,3-7H2,1-2H3/q+1/t8-,10?,13-/m0/s1. The van der Waals surface area contributed by atoms with E-state index in [-0.39, 0.29) is 6.10 Å². The fourth-order valence-electron chi connectivity index (χ4n) is 1.90. The predicted octanol–water partition coefficient (Wildman–Crippen LogP) is 4.34. The third-order valence-electron chi connectivity index (χ3n) is 3.06. The Labute approximate surface area is 162 Å². The van der Waals surface area contributed by atoms with Gasteiger partial charge in [0, 0.05) is 12.2 Å². The van der Waals surface area contributed by atoms with Crippen molar-refractivity contribution in [2.24, 2.45) is 4.99 Å². The number of aliphatic imine (C=N–C) groups is 1. The third-order valence-corrected chi connectivity index (χ3v) is 7.42. The van der Waals surface area contributed by atoms with Crippen molar-refractivity contribution in [3.63, 3.8) is 0 Å². The monoisotopic (exact) mass is 436 g/mol. The Balaban J connectivity index is 1.99. The van der Waals surface area contributed by atoms with E-state index in [1.165, 1.54) is 11.8 Å². The molecule has 1 fully saturated rings. The number of hydrogen-bond acceptors (Lipinski definition) is 8. The lowest BCUT2D eigenvalue weighted by Gasteiger charge is -2.21. The molecule has 2 rings (SSSR count). The molecule has 2 aliphatic rings. The summed E-state index contributed by atoms with van der Waals surface area (Å²) >= 11 is 18.4. The summed E-state index contributed by atoms with van der Waals surface area (Å²) in [6, 6.07) is 0. The second-order valence-corrected chi connectivity index (χ2v) is 10.1. The van der Waals surface area contributed by atoms with E-state index in [1.807, 2.05) is 13.8 Å². The molecule has 0 amide bonds. The summed E-state index contributed by atoms with van der Waals surface area (Å²) in [6.45, 7) is 4.47. The lowest BCUT2D eigenvalue weighted by atomic mass is 10.2. The fraction of sp³-hybridized carbons (Fsp3) is 0.769. The molecule has 0 bridgehead atoms. The molecule has 138 valence electrons. The van der Waals surface area contributed by atoms with Crippen molar-refractivity contribution in [2.75, 3.05) is 19.0 Å². The molecule has 0 radical (unpaired) electrons. The van der Waals surface area contributed by atoms with Crippen molar-refractivity contribution < 1.29 is 23.4 Å². The zero-order valence-corrected chi connectivity index (χ0v) is 17.5. The van der Waals surface area contributed by atoms with Gasteiger partial charge in [0.2, 0.25) is 0 Å². The first kappa shape index (κ1) is 21.1. The zero-order chi connectivity index (χ0) is 17.7. The van der Waals surface area contributed by atoms with Crippen molar-refractivity contribution in [3.8, 4) is 0 Å². The number of nitrogens with zero attached hydrogens (tertiary/aromatic N) is 1. The van der Waals surface area contributed by atoms with Crippen molar-refractivity contribution in [1.82, 2.24) is 0 Å². The third kappa shape index (κ3) is 6.18. The molecule has 1 N–H and O–H groups in total. The van der Waals surface area contributed by atoms with Crippen molar-refractivity contribution in [3.05, 3.63) is 10.1 Å². The van der Waals surface area contributed by atoms with Gasteiger partial charge in [-0.25, -0.2) is 4.99 Å². The van der Waals surface area contributed by atoms with E-state index in [0.717, 1.165) is 12.2 Å². The molecule has 2 aliphatic heterocycles. The molecule has 0 aromatic rings. The molecule has 0 spiro atoms. The van der Waals surface area contributed by atoms with E-state index in [0.29, 0.717) is 35.6 Å². The number of hydrogen-bond donors (Lipinski definition) is 2. The molecular weight excluding hydrogens is 416 g/mol. The lowest BCUT2D eigenvalue weighted by Crippen LogP contribution is -2.22. The van der Waals surface area contributed by atoms with Crippen LogP contribution in [0.15, 0.2) is 15.1 Å². The van der Waals surface area contributed by atoms with Crippen LogP contribution in [0.1, 0.15) is 26.7 Å². The Morgan fingerprint density at radius 2 is 2.04 bits per heavy atom. The molecule has 3 atom stereocenters. The average Bonchev–Trinajstić information content (AvgIpc) is 3.19. The van der Waals surface area contributed by atoms with Gasteiger partial charge in [0.25, 0.3) is 5.90 Å². The lowest BCUT2D eigenvalue weighted by molar-refractivity contribution is 0.156. The number of ether oxygens (including phenoxy) is 1. The van der Waals surface area contributed by atoms with E-state index >= 15 is 0 Å². The Morgan fingerprint density at radius 3 is 2.58 bits per heavy atom. The van der Waals surface area contributed by atoms with Gasteiger partial charge in [-0.2, -0.15) is 9.05 Å². The summed E-state index contributed by atoms with van der Waals surface area (Å²) in [4.78, 5) is 4.42. The highest BCUT2D eigenvalue weighted by molar-refractivity contribution is 8.47. The summed E-state index contributed by atoms with van der Waals surface area (Å²) in [5, 5.41) is 9.89. The number of allylic oxidation sites excluding steroid dienone is 1. The molecule has 24 heavy (non-hydrogen) atoms. The Hall–Kier alpha value is 0.760. The maximum atomic E-state index is 9.15. The van der Waals surface area contributed by atoms with Gasteiger partial charge in [-0.05, 0) is 20.3 Å². The molecule has 1 unspecified atom stereocenters. The van der Waals surface area contributed by atoms with Crippen LogP contribution in [0.25, 0.3) is 0 Å². The Morgan fingerprint density at radius 1 is 1.42 bits per heavy atom. The van der Waals surface area contributed by atoms with Crippen LogP contribution in [-0.2, 0) is 18.3 Å². The molecule has 2 heterocycles. The van der Waals surface area contributed by atoms with Gasteiger partial charge in [-0.3, -0.25) is 4.52 Å². The zero-order valence-electron chi connectivity index (χ0n) is 13.4. The van der Waals surface area contributed by atoms with Crippen LogP contribution in [0.2, 0.25) is 0 Å². The van der Waals surface area contributed by atoms with Crippen LogP contribution < -0.4 is 0 Å². The SMILES string of the molecule is CCO[P+](S)(OCC)OC1=NC(SCCC2O[C@@H]2O)=C(Cl)C[C@@H]1Cl. The molecule has 0 aromatic carbocycles. The molecule has 6 nitrogen and oxygen atoms in total. The first-order chi connectivity index (χ1) is 11.4. The maximum absolute atomic E-state index is 9.15. The van der Waals surface area contributed by atoms with Crippen LogP contribution in [0.3, 0.4) is 0 Å². The van der Waals surface area contributed by atoms with E-state index in [9.17, 15) is 0 Å². The summed E-state index contributed by atoms with van der Waals surface area (Å²) in [5.74, 6) is 1.02. The largest absolute Gasteiger partial charge is 0.523 e. The minimum atomic E-state index is -2.81. The predicted molar refractivity (Wildman–Crippen MR) is 103 cm³/mol. The summed E-state index contributed by atoms with van der Waals surface area (Å²) in [5.41, 5.74) is 0. The second-order valence-electron chi connectivity index (χ2n) is 4.93. The number of aliphatic hydroxyl groups excluding tert-OH is 1. The molecule has 11 heteroatoms. The first-order valence-electron chi connectivity index (χ1n) is 7.56. The Bertz CT molecular complexity index is 505. The van der Waals surface area contributed by atoms with Crippen LogP contribution >= 0.6 is 54.4 Å². The second kappa shape index (κ2) is 9.62. The van der Waals surface area contributed by atoms with Crippen molar-refractivity contribution in [2.45, 2.75) is 44.5 Å². The Kier molecular flexibility index (Phi) is 8.45. The minimum Gasteiger partial charge on any atom is -0.366 e. The molecule has 0 aromatic heterocycles. The van der Waals surface area contributed by atoms with Gasteiger partial charge in [-0.1, -0.05) is 11.6 Å². The fourth-order valence-corrected chi connectivity index (χ4v) is 5.77. The van der Waals surface area contributed by atoms with Crippen LogP contribution in [0, 0.1) is 0 Å². The topological polar surface area (TPSA) is 72.8 Å². The molecule has 1 saturated heterocycles. The summed E-state index contributed by atoms with van der Waals surface area (Å²) < 4.78 is 21.8. The number of rotatable bonds is 9. The highest BCUT2D eigenvalue weighted by Gasteiger charge is 2.46. The van der Waals surface area contributed by atoms with Gasteiger partial charge in [0.15, 0.2) is 6.29 Å². The van der Waals surface area contributed by atoms with Crippen LogP contribution in [0.4, 0.5) is 0 Å². The highest BCUT2D eigenvalue weighted by atomic mass is 35.5. The van der Waals surface area contributed by atoms with Gasteiger partial charge in [0.1, 0.15) is 28.8 Å². The number of epoxide rings is 1. The van der Waals surface area contributed by atoms with E-state index < -0.39 is 18.8 Å². The number of thioether (sulfide) groups is 1. The van der Waals surface area contributed by atoms with Gasteiger partial charge in [0.05, 0.1) is 18.2 Å². The van der Waals surface area contributed by atoms with E-state index in [2.05, 4.69) is 17.2 Å². The van der Waals surface area contributed by atoms with E-state index in [1.54, 1.807) is 0 Å². The van der Waals surface area contributed by atoms with Crippen LogP contribution in [0.5, 0.6) is 0 Å². The first-order valence-corrected chi connectivity index (χ1v) is 12.1. The normalized spacial score (nSPS) is 27.2. The maximum Gasteiger partial charge on any atom is 0.523 e. The molecule has 0 aliphatic carbocycles. The minimum absolute atomic E-state index is 0.0899. The van der Waals surface area contributed by atoms with Gasteiger partial charge in [-0.15, -0.1) is 23.4 Å². The smallest absolute Gasteiger partial charge is 0.366 e. The van der Waals surface area contributed by atoms with Crippen LogP contribution in [-0.4, -0.2) is 47.7 Å². The van der Waals surface area contributed by atoms with Crippen molar-refractivity contribution in [1.29, 1.82) is 0 Å². The quantitative estimate of drug-likeness (QED) is 0.242. The van der Waals surface area contributed by atoms with Gasteiger partial charge < -0.3 is 9.84 Å². The summed E-state index contributed by atoms with van der Waals surface area (Å²) in [7, 11) is -2.81. The number of halogens is 2. The highest BCUT2D eigenvalue weighted by Crippen LogP contribution is 2.67. The number of thiol groups is 1. The number of aliphatic hydroxyl groups is 1. The average molecular weight is 437 g/mol. The molecular formula is C13H21Cl2NO5PS2+.